The number of carbonyl (C=O) groups is 1. The van der Waals surface area contributed by atoms with Crippen molar-refractivity contribution in [1.82, 2.24) is 20.1 Å². The third-order valence-electron chi connectivity index (χ3n) is 4.85. The van der Waals surface area contributed by atoms with E-state index in [4.69, 9.17) is 9.88 Å². The summed E-state index contributed by atoms with van der Waals surface area (Å²) < 4.78 is 94.1. The van der Waals surface area contributed by atoms with Crippen LogP contribution in [0.5, 0.6) is 0 Å². The van der Waals surface area contributed by atoms with Crippen molar-refractivity contribution in [1.29, 1.82) is 0 Å². The molecular formula is C19H22F3N5O6S3. The van der Waals surface area contributed by atoms with Crippen LogP contribution in [0.1, 0.15) is 16.0 Å². The average molecular weight is 570 g/mol. The number of primary sulfonamides is 1. The van der Waals surface area contributed by atoms with Gasteiger partial charge in [0.05, 0.1) is 29.1 Å². The van der Waals surface area contributed by atoms with E-state index in [1.54, 1.807) is 0 Å². The lowest BCUT2D eigenvalue weighted by molar-refractivity contribution is -0.141. The zero-order chi connectivity index (χ0) is 26.9. The molecule has 0 aliphatic carbocycles. The zero-order valence-electron chi connectivity index (χ0n) is 18.9. The first-order valence-corrected chi connectivity index (χ1v) is 14.6. The van der Waals surface area contributed by atoms with Crippen LogP contribution in [0.25, 0.3) is 21.3 Å². The molecule has 1 atom stereocenters. The largest absolute Gasteiger partial charge is 0.435 e. The highest BCUT2D eigenvalue weighted by Gasteiger charge is 2.38. The third-order valence-corrected chi connectivity index (χ3v) is 8.15. The molecule has 0 radical (unpaired) electrons. The predicted molar refractivity (Wildman–Crippen MR) is 126 cm³/mol. The molecule has 0 aliphatic rings. The number of sulfonamides is 1. The van der Waals surface area contributed by atoms with E-state index in [1.807, 2.05) is 0 Å². The molecule has 198 valence electrons. The van der Waals surface area contributed by atoms with Crippen molar-refractivity contribution in [2.45, 2.75) is 18.0 Å². The molecule has 3 rings (SSSR count). The molecule has 0 aliphatic heterocycles. The van der Waals surface area contributed by atoms with Crippen molar-refractivity contribution in [3.05, 3.63) is 35.1 Å². The van der Waals surface area contributed by atoms with Gasteiger partial charge < -0.3 is 10.1 Å². The Morgan fingerprint density at radius 1 is 1.28 bits per heavy atom. The SMILES string of the molecule is COCCn1cc(-c2ccc3nc(C(C(=O)NCCS(N)(=O)=O)S(C)(=O)=O)sc3c2)c(C(F)(F)F)n1. The summed E-state index contributed by atoms with van der Waals surface area (Å²) in [6.45, 7) is -0.156. The standard InChI is InChI=1S/C19H22F3N5O6S3/c1-33-7-6-27-10-12(16(26-27)19(20,21)22)11-3-4-13-14(9-11)34-18(25-13)15(35(2,29)30)17(28)24-5-8-36(23,31)32/h3-4,9-10,15H,5-8H2,1-2H3,(H,24,28)(H2,23,31,32). The number of nitrogens with zero attached hydrogens (tertiary/aromatic N) is 3. The molecule has 3 N–H and O–H groups in total. The molecular weight excluding hydrogens is 547 g/mol. The first-order valence-electron chi connectivity index (χ1n) is 10.1. The second kappa shape index (κ2) is 10.4. The second-order valence-electron chi connectivity index (χ2n) is 7.75. The van der Waals surface area contributed by atoms with Crippen molar-refractivity contribution in [3.63, 3.8) is 0 Å². The number of sulfone groups is 1. The Balaban J connectivity index is 1.99. The molecule has 3 aromatic rings. The highest BCUT2D eigenvalue weighted by Crippen LogP contribution is 2.38. The van der Waals surface area contributed by atoms with Crippen LogP contribution in [0.4, 0.5) is 13.2 Å². The van der Waals surface area contributed by atoms with E-state index in [9.17, 15) is 34.8 Å². The second-order valence-corrected chi connectivity index (χ2v) is 12.7. The van der Waals surface area contributed by atoms with Crippen molar-refractivity contribution in [2.24, 2.45) is 5.14 Å². The summed E-state index contributed by atoms with van der Waals surface area (Å²) in [7, 11) is -6.52. The lowest BCUT2D eigenvalue weighted by atomic mass is 10.1. The number of hydrogen-bond donors (Lipinski definition) is 2. The number of hydrogen-bond acceptors (Lipinski definition) is 9. The minimum absolute atomic E-state index is 0.100. The summed E-state index contributed by atoms with van der Waals surface area (Å²) in [6, 6.07) is 4.21. The van der Waals surface area contributed by atoms with Gasteiger partial charge in [-0.15, -0.1) is 11.3 Å². The quantitative estimate of drug-likeness (QED) is 0.369. The number of thiazole rings is 1. The number of carbonyl (C=O) groups excluding carboxylic acids is 1. The molecule has 11 nitrogen and oxygen atoms in total. The van der Waals surface area contributed by atoms with Gasteiger partial charge in [0.1, 0.15) is 5.01 Å². The molecule has 36 heavy (non-hydrogen) atoms. The van der Waals surface area contributed by atoms with Gasteiger partial charge in [-0.25, -0.2) is 27.0 Å². The first kappa shape index (κ1) is 28.0. The van der Waals surface area contributed by atoms with E-state index in [2.05, 4.69) is 15.4 Å². The van der Waals surface area contributed by atoms with Crippen LogP contribution in [0.3, 0.4) is 0 Å². The molecule has 1 amide bonds. The number of methoxy groups -OCH3 is 1. The Kier molecular flexibility index (Phi) is 8.09. The molecule has 1 aromatic carbocycles. The highest BCUT2D eigenvalue weighted by atomic mass is 32.2. The number of alkyl halides is 3. The van der Waals surface area contributed by atoms with Crippen LogP contribution < -0.4 is 10.5 Å². The van der Waals surface area contributed by atoms with Gasteiger partial charge in [0.25, 0.3) is 0 Å². The van der Waals surface area contributed by atoms with Gasteiger partial charge in [0.15, 0.2) is 20.8 Å². The van der Waals surface area contributed by atoms with Gasteiger partial charge in [0, 0.05) is 31.7 Å². The number of halogens is 3. The number of nitrogens with two attached hydrogens (primary N) is 1. The molecule has 0 saturated heterocycles. The first-order chi connectivity index (χ1) is 16.6. The summed E-state index contributed by atoms with van der Waals surface area (Å²) >= 11 is 0.820. The van der Waals surface area contributed by atoms with Crippen LogP contribution in [0.2, 0.25) is 0 Å². The molecule has 2 aromatic heterocycles. The van der Waals surface area contributed by atoms with E-state index < -0.39 is 55.2 Å². The van der Waals surface area contributed by atoms with Gasteiger partial charge in [-0.1, -0.05) is 6.07 Å². The molecule has 0 saturated carbocycles. The van der Waals surface area contributed by atoms with Gasteiger partial charge in [0.2, 0.25) is 15.9 Å². The van der Waals surface area contributed by atoms with Crippen LogP contribution >= 0.6 is 11.3 Å². The fourth-order valence-corrected chi connectivity index (χ4v) is 6.20. The third kappa shape index (κ3) is 6.78. The minimum Gasteiger partial charge on any atom is -0.383 e. The molecule has 0 bridgehead atoms. The van der Waals surface area contributed by atoms with Gasteiger partial charge in [-0.3, -0.25) is 9.48 Å². The van der Waals surface area contributed by atoms with E-state index in [1.165, 1.54) is 31.5 Å². The van der Waals surface area contributed by atoms with E-state index in [0.717, 1.165) is 22.3 Å². The van der Waals surface area contributed by atoms with Crippen molar-refractivity contribution in [3.8, 4) is 11.1 Å². The van der Waals surface area contributed by atoms with Crippen LogP contribution in [-0.4, -0.2) is 69.8 Å². The minimum atomic E-state index is -4.72. The monoisotopic (exact) mass is 569 g/mol. The van der Waals surface area contributed by atoms with Crippen molar-refractivity contribution >= 4 is 47.3 Å². The van der Waals surface area contributed by atoms with Gasteiger partial charge >= 0.3 is 6.18 Å². The van der Waals surface area contributed by atoms with Gasteiger partial charge in [-0.05, 0) is 17.7 Å². The van der Waals surface area contributed by atoms with Crippen molar-refractivity contribution < 1.29 is 39.5 Å². The predicted octanol–water partition coefficient (Wildman–Crippen LogP) is 1.32. The topological polar surface area (TPSA) is 163 Å². The Hall–Kier alpha value is -2.60. The van der Waals surface area contributed by atoms with Gasteiger partial charge in [-0.2, -0.15) is 18.3 Å². The number of fused-ring (bicyclic) bond motifs is 1. The fourth-order valence-electron chi connectivity index (χ4n) is 3.26. The number of ether oxygens (including phenoxy) is 1. The Labute approximate surface area is 208 Å². The van der Waals surface area contributed by atoms with Crippen LogP contribution in [-0.2, 0) is 42.1 Å². The number of aromatic nitrogens is 3. The summed E-state index contributed by atoms with van der Waals surface area (Å²) in [5.41, 5.74) is -0.839. The molecule has 0 fully saturated rings. The van der Waals surface area contributed by atoms with Crippen LogP contribution in [0.15, 0.2) is 24.4 Å². The maximum Gasteiger partial charge on any atom is 0.435 e. The fraction of sp³-hybridized carbons (Fsp3) is 0.421. The van der Waals surface area contributed by atoms with Crippen LogP contribution in [0, 0.1) is 0 Å². The normalized spacial score (nSPS) is 13.7. The van der Waals surface area contributed by atoms with E-state index in [0.29, 0.717) is 4.70 Å². The summed E-state index contributed by atoms with van der Waals surface area (Å²) in [4.78, 5) is 16.8. The number of benzene rings is 1. The van der Waals surface area contributed by atoms with E-state index >= 15 is 0 Å². The van der Waals surface area contributed by atoms with E-state index in [-0.39, 0.29) is 34.8 Å². The molecule has 1 unspecified atom stereocenters. The lowest BCUT2D eigenvalue weighted by Crippen LogP contribution is -2.37. The number of nitrogens with one attached hydrogen (secondary N) is 1. The lowest BCUT2D eigenvalue weighted by Gasteiger charge is -2.12. The Bertz CT molecular complexity index is 1480. The highest BCUT2D eigenvalue weighted by molar-refractivity contribution is 7.91. The summed E-state index contributed by atoms with van der Waals surface area (Å²) in [6.07, 6.45) is -2.67. The summed E-state index contributed by atoms with van der Waals surface area (Å²) in [5, 5.41) is 8.85. The number of rotatable bonds is 10. The smallest absolute Gasteiger partial charge is 0.383 e. The molecule has 0 spiro atoms. The molecule has 17 heteroatoms. The van der Waals surface area contributed by atoms with Crippen molar-refractivity contribution in [2.75, 3.05) is 32.3 Å². The zero-order valence-corrected chi connectivity index (χ0v) is 21.4. The molecule has 2 heterocycles. The Morgan fingerprint density at radius 3 is 2.56 bits per heavy atom. The maximum atomic E-state index is 13.6. The number of amides is 1. The maximum absolute atomic E-state index is 13.6. The average Bonchev–Trinajstić information content (AvgIpc) is 3.33. The summed E-state index contributed by atoms with van der Waals surface area (Å²) in [5.74, 6) is -1.60. The Morgan fingerprint density at radius 2 is 1.97 bits per heavy atom.